The minimum Gasteiger partial charge on any atom is -0.394 e. The molecule has 0 saturated carbocycles. The molecule has 4 rings (SSSR count). The van der Waals surface area contributed by atoms with Crippen molar-refractivity contribution in [1.82, 2.24) is 16.0 Å². The van der Waals surface area contributed by atoms with Crippen molar-refractivity contribution >= 4 is 17.7 Å². The van der Waals surface area contributed by atoms with E-state index >= 15 is 0 Å². The quantitative estimate of drug-likeness (QED) is 0.0824. The van der Waals surface area contributed by atoms with Crippen molar-refractivity contribution in [3.05, 3.63) is 0 Å². The molecule has 0 bridgehead atoms. The van der Waals surface area contributed by atoms with Crippen molar-refractivity contribution in [1.29, 1.82) is 0 Å². The van der Waals surface area contributed by atoms with Crippen LogP contribution < -0.4 is 21.7 Å². The molecule has 54 heavy (non-hydrogen) atoms. The van der Waals surface area contributed by atoms with Gasteiger partial charge in [-0.15, -0.1) is 0 Å². The monoisotopic (exact) mass is 788 g/mol. The summed E-state index contributed by atoms with van der Waals surface area (Å²) in [5.41, 5.74) is 5.98. The van der Waals surface area contributed by atoms with E-state index < -0.39 is 167 Å². The van der Waals surface area contributed by atoms with Gasteiger partial charge in [-0.05, 0) is 0 Å². The average Bonchev–Trinajstić information content (AvgIpc) is 3.12. The second kappa shape index (κ2) is 19.2. The molecule has 3 amide bonds. The number of rotatable bonds is 13. The van der Waals surface area contributed by atoms with Crippen molar-refractivity contribution in [3.63, 3.8) is 0 Å². The standard InChI is InChI=1S/C30H52N4O20/c1-8(39)32-16-21(44)24(12(5-36)48-27(16)47)53-29-18(34-10(3)41)23(46)26(14(7-38)51-29)54-30-17(33-9(2)40)22(45)25(13(6-37)50-30)52-28-15(31)20(43)19(42)11(4-35)49-28/h11-30,35-38,42-47H,4-7,31H2,1-3H3,(H,32,39)(H,33,40)(H,34,41)/t11?,12?,13?,14?,15?,16?,17?,18?,19?,20-,21?,22?,23-,24+,25+,26?,27+,28?,29?,30-/m1/s1. The van der Waals surface area contributed by atoms with Gasteiger partial charge in [0.25, 0.3) is 0 Å². The number of ether oxygens (including phenoxy) is 7. The van der Waals surface area contributed by atoms with Gasteiger partial charge in [-0.2, -0.15) is 0 Å². The molecule has 4 fully saturated rings. The lowest BCUT2D eigenvalue weighted by Gasteiger charge is -2.50. The van der Waals surface area contributed by atoms with Crippen LogP contribution in [0, 0.1) is 0 Å². The summed E-state index contributed by atoms with van der Waals surface area (Å²) in [7, 11) is 0. The van der Waals surface area contributed by atoms with E-state index in [1.807, 2.05) is 0 Å². The number of aliphatic hydroxyl groups is 10. The van der Waals surface area contributed by atoms with Gasteiger partial charge in [0, 0.05) is 20.8 Å². The fourth-order valence-electron chi connectivity index (χ4n) is 6.81. The van der Waals surface area contributed by atoms with E-state index in [0.717, 1.165) is 20.8 Å². The molecule has 15 N–H and O–H groups in total. The summed E-state index contributed by atoms with van der Waals surface area (Å²) < 4.78 is 40.3. The van der Waals surface area contributed by atoms with Gasteiger partial charge in [0.05, 0.1) is 32.5 Å². The topological polar surface area (TPSA) is 380 Å². The smallest absolute Gasteiger partial charge is 0.217 e. The van der Waals surface area contributed by atoms with Gasteiger partial charge in [0.1, 0.15) is 91.4 Å². The first-order valence-corrected chi connectivity index (χ1v) is 17.1. The maximum absolute atomic E-state index is 12.3. The molecule has 4 saturated heterocycles. The SMILES string of the molecule is CC(=O)NC1C(O)[C@@H](OC2OC(CO)C(O)[C@H](O)C2N)C(CO)O[C@@H]1OC1C(CO)OC(O[C@H]2C(CO)O[C@H](O)C(NC(C)=O)C2O)C(NC(C)=O)[C@H]1O. The molecule has 4 heterocycles. The Morgan fingerprint density at radius 2 is 0.833 bits per heavy atom. The van der Waals surface area contributed by atoms with Gasteiger partial charge < -0.3 is 106 Å². The summed E-state index contributed by atoms with van der Waals surface area (Å²) in [4.78, 5) is 36.3. The van der Waals surface area contributed by atoms with Crippen LogP contribution in [0.15, 0.2) is 0 Å². The molecule has 0 aromatic heterocycles. The number of hydrogen-bond acceptors (Lipinski definition) is 21. The lowest BCUT2D eigenvalue weighted by Crippen LogP contribution is -2.71. The van der Waals surface area contributed by atoms with Crippen LogP contribution in [0.2, 0.25) is 0 Å². The van der Waals surface area contributed by atoms with Gasteiger partial charge >= 0.3 is 0 Å². The molecule has 0 spiro atoms. The van der Waals surface area contributed by atoms with E-state index in [1.165, 1.54) is 0 Å². The summed E-state index contributed by atoms with van der Waals surface area (Å²) in [6, 6.07) is -6.00. The van der Waals surface area contributed by atoms with E-state index in [0.29, 0.717) is 0 Å². The largest absolute Gasteiger partial charge is 0.394 e. The highest BCUT2D eigenvalue weighted by molar-refractivity contribution is 5.74. The first-order chi connectivity index (χ1) is 25.5. The van der Waals surface area contributed by atoms with Crippen LogP contribution in [0.1, 0.15) is 20.8 Å². The highest BCUT2D eigenvalue weighted by atomic mass is 16.8. The van der Waals surface area contributed by atoms with Crippen molar-refractivity contribution in [2.24, 2.45) is 5.73 Å². The molecular formula is C30H52N4O20. The Morgan fingerprint density at radius 1 is 0.500 bits per heavy atom. The lowest BCUT2D eigenvalue weighted by atomic mass is 9.93. The van der Waals surface area contributed by atoms with Crippen LogP contribution in [-0.2, 0) is 47.5 Å². The van der Waals surface area contributed by atoms with Gasteiger partial charge in [0.2, 0.25) is 17.7 Å². The summed E-state index contributed by atoms with van der Waals surface area (Å²) in [6.07, 6.45) is -26.1. The molecular weight excluding hydrogens is 736 g/mol. The number of nitrogens with one attached hydrogen (secondary N) is 3. The van der Waals surface area contributed by atoms with Crippen LogP contribution in [0.25, 0.3) is 0 Å². The molecule has 20 atom stereocenters. The third-order valence-corrected chi connectivity index (χ3v) is 9.49. The molecule has 24 heteroatoms. The minimum absolute atomic E-state index is 0.655. The Hall–Kier alpha value is -2.31. The Balaban J connectivity index is 1.59. The highest BCUT2D eigenvalue weighted by Gasteiger charge is 2.56. The van der Waals surface area contributed by atoms with Crippen LogP contribution in [-0.4, -0.2) is 218 Å². The fourth-order valence-corrected chi connectivity index (χ4v) is 6.81. The van der Waals surface area contributed by atoms with Crippen molar-refractivity contribution in [2.45, 2.75) is 143 Å². The number of aliphatic hydroxyl groups excluding tert-OH is 10. The summed E-state index contributed by atoms with van der Waals surface area (Å²) >= 11 is 0. The average molecular weight is 789 g/mol. The van der Waals surface area contributed by atoms with Gasteiger partial charge in [-0.1, -0.05) is 0 Å². The van der Waals surface area contributed by atoms with Gasteiger partial charge in [0.15, 0.2) is 25.2 Å². The molecule has 0 aromatic carbocycles. The predicted octanol–water partition coefficient (Wildman–Crippen LogP) is -9.35. The maximum atomic E-state index is 12.3. The highest BCUT2D eigenvalue weighted by Crippen LogP contribution is 2.34. The van der Waals surface area contributed by atoms with Crippen LogP contribution in [0.5, 0.6) is 0 Å². The van der Waals surface area contributed by atoms with Crippen molar-refractivity contribution < 1.29 is 98.6 Å². The Labute approximate surface area is 308 Å². The second-order valence-electron chi connectivity index (χ2n) is 13.4. The fraction of sp³-hybridized carbons (Fsp3) is 0.900. The summed E-state index contributed by atoms with van der Waals surface area (Å²) in [5.74, 6) is -2.11. The lowest BCUT2D eigenvalue weighted by molar-refractivity contribution is -0.361. The Morgan fingerprint density at radius 3 is 1.22 bits per heavy atom. The van der Waals surface area contributed by atoms with E-state index in [-0.39, 0.29) is 0 Å². The number of hydrogen-bond donors (Lipinski definition) is 14. The van der Waals surface area contributed by atoms with Crippen LogP contribution in [0.4, 0.5) is 0 Å². The van der Waals surface area contributed by atoms with Crippen LogP contribution in [0.3, 0.4) is 0 Å². The van der Waals surface area contributed by atoms with Crippen molar-refractivity contribution in [3.8, 4) is 0 Å². The number of nitrogens with two attached hydrogens (primary N) is 1. The van der Waals surface area contributed by atoms with E-state index in [9.17, 15) is 65.4 Å². The first-order valence-electron chi connectivity index (χ1n) is 17.1. The molecule has 24 nitrogen and oxygen atoms in total. The summed E-state index contributed by atoms with van der Waals surface area (Å²) in [5, 5.41) is 112. The van der Waals surface area contributed by atoms with Crippen LogP contribution >= 0.6 is 0 Å². The molecule has 4 aliphatic heterocycles. The maximum Gasteiger partial charge on any atom is 0.217 e. The third kappa shape index (κ3) is 9.79. The van der Waals surface area contributed by atoms with Gasteiger partial charge in [-0.3, -0.25) is 14.4 Å². The molecule has 4 aliphatic rings. The zero-order valence-corrected chi connectivity index (χ0v) is 29.5. The Bertz CT molecular complexity index is 1260. The molecule has 14 unspecified atom stereocenters. The normalized spacial score (nSPS) is 45.7. The first kappa shape index (κ1) is 44.4. The number of carbonyl (C=O) groups excluding carboxylic acids is 3. The molecule has 0 radical (unpaired) electrons. The van der Waals surface area contributed by atoms with E-state index in [1.54, 1.807) is 0 Å². The third-order valence-electron chi connectivity index (χ3n) is 9.49. The zero-order valence-electron chi connectivity index (χ0n) is 29.5. The Kier molecular flexibility index (Phi) is 15.8. The van der Waals surface area contributed by atoms with E-state index in [2.05, 4.69) is 16.0 Å². The van der Waals surface area contributed by atoms with Crippen molar-refractivity contribution in [2.75, 3.05) is 26.4 Å². The number of amides is 3. The molecule has 312 valence electrons. The summed E-state index contributed by atoms with van der Waals surface area (Å²) in [6.45, 7) is -0.0467. The second-order valence-corrected chi connectivity index (χ2v) is 13.4. The minimum atomic E-state index is -1.87. The van der Waals surface area contributed by atoms with Gasteiger partial charge in [-0.25, -0.2) is 0 Å². The zero-order chi connectivity index (χ0) is 40.2. The molecule has 0 aromatic rings. The van der Waals surface area contributed by atoms with E-state index in [4.69, 9.17) is 38.9 Å². The predicted molar refractivity (Wildman–Crippen MR) is 171 cm³/mol. The molecule has 0 aliphatic carbocycles. The number of carbonyl (C=O) groups is 3.